The van der Waals surface area contributed by atoms with Crippen LogP contribution in [0.3, 0.4) is 0 Å². The normalized spacial score (nSPS) is 14.0. The van der Waals surface area contributed by atoms with Gasteiger partial charge in [0.05, 0.1) is 18.8 Å². The number of likely N-dealkylation sites (N-methyl/N-ethyl adjacent to an activating group) is 1. The number of nitrogens with zero attached hydrogens (tertiary/aromatic N) is 4. The molecule has 0 aromatic carbocycles. The van der Waals surface area contributed by atoms with Gasteiger partial charge in [-0.05, 0) is 47.0 Å². The monoisotopic (exact) mass is 504 g/mol. The summed E-state index contributed by atoms with van der Waals surface area (Å²) in [6, 6.07) is 4.92. The zero-order valence-corrected chi connectivity index (χ0v) is 20.3. The van der Waals surface area contributed by atoms with Gasteiger partial charge >= 0.3 is 0 Å². The zero-order valence-electron chi connectivity index (χ0n) is 17.2. The Morgan fingerprint density at radius 3 is 2.63 bits per heavy atom. The van der Waals surface area contributed by atoms with Crippen LogP contribution in [0.1, 0.15) is 35.2 Å². The molecule has 2 heterocycles. The highest BCUT2D eigenvalue weighted by atomic mass is 127. The average Bonchev–Trinajstić information content (AvgIpc) is 3.16. The third kappa shape index (κ3) is 7.79. The lowest BCUT2D eigenvalue weighted by molar-refractivity contribution is 0.306. The maximum absolute atomic E-state index is 4.83. The first-order valence-corrected chi connectivity index (χ1v) is 9.95. The minimum atomic E-state index is 0. The molecular formula is C19H33IN6S. The van der Waals surface area contributed by atoms with E-state index >= 15 is 0 Å². The Hall–Kier alpha value is -1.13. The first-order chi connectivity index (χ1) is 12.4. The first kappa shape index (κ1) is 23.9. The molecule has 0 aliphatic rings. The summed E-state index contributed by atoms with van der Waals surface area (Å²) in [4.78, 5) is 9.77. The Morgan fingerprint density at radius 1 is 1.37 bits per heavy atom. The lowest BCUT2D eigenvalue weighted by atomic mass is 10.1. The van der Waals surface area contributed by atoms with Gasteiger partial charge in [0.2, 0.25) is 0 Å². The maximum Gasteiger partial charge on any atom is 0.191 e. The highest BCUT2D eigenvalue weighted by molar-refractivity contribution is 14.0. The van der Waals surface area contributed by atoms with Crippen LogP contribution in [0.25, 0.3) is 0 Å². The summed E-state index contributed by atoms with van der Waals surface area (Å²) in [7, 11) is 6.10. The van der Waals surface area contributed by atoms with Crippen molar-refractivity contribution in [1.29, 1.82) is 0 Å². The summed E-state index contributed by atoms with van der Waals surface area (Å²) in [6.07, 6.45) is 4.98. The Bertz CT molecular complexity index is 709. The number of hydrogen-bond donors (Lipinski definition) is 2. The lowest BCUT2D eigenvalue weighted by Gasteiger charge is -2.23. The van der Waals surface area contributed by atoms with Crippen LogP contribution in [-0.2, 0) is 13.5 Å². The molecule has 0 saturated heterocycles. The number of aliphatic imine (C=N–C) groups is 1. The van der Waals surface area contributed by atoms with Gasteiger partial charge in [0.25, 0.3) is 0 Å². The van der Waals surface area contributed by atoms with E-state index in [1.807, 2.05) is 29.3 Å². The number of aryl methyl sites for hydroxylation is 2. The Kier molecular flexibility index (Phi) is 10.3. The van der Waals surface area contributed by atoms with Crippen molar-refractivity contribution in [2.24, 2.45) is 12.0 Å². The van der Waals surface area contributed by atoms with Crippen LogP contribution in [0.5, 0.6) is 0 Å². The van der Waals surface area contributed by atoms with E-state index in [0.717, 1.165) is 18.9 Å². The Labute approximate surface area is 184 Å². The van der Waals surface area contributed by atoms with E-state index in [0.29, 0.717) is 12.6 Å². The molecular weight excluding hydrogens is 471 g/mol. The number of thiophene rings is 1. The number of guanidine groups is 1. The number of halogens is 1. The van der Waals surface area contributed by atoms with Gasteiger partial charge < -0.3 is 15.5 Å². The molecule has 2 atom stereocenters. The van der Waals surface area contributed by atoms with E-state index < -0.39 is 0 Å². The van der Waals surface area contributed by atoms with Crippen molar-refractivity contribution in [1.82, 2.24) is 25.3 Å². The molecule has 6 nitrogen and oxygen atoms in total. The molecule has 8 heteroatoms. The summed E-state index contributed by atoms with van der Waals surface area (Å²) in [5.74, 6) is 0.865. The first-order valence-electron chi connectivity index (χ1n) is 9.14. The molecule has 0 radical (unpaired) electrons. The Balaban J connectivity index is 0.00000364. The third-order valence-electron chi connectivity index (χ3n) is 4.19. The quantitative estimate of drug-likeness (QED) is 0.330. The molecule has 27 heavy (non-hydrogen) atoms. The number of rotatable bonds is 8. The van der Waals surface area contributed by atoms with Gasteiger partial charge in [-0.1, -0.05) is 0 Å². The van der Waals surface area contributed by atoms with Gasteiger partial charge in [-0.2, -0.15) is 5.10 Å². The van der Waals surface area contributed by atoms with Crippen molar-refractivity contribution < 1.29 is 0 Å². The molecule has 2 unspecified atom stereocenters. The molecule has 0 fully saturated rings. The van der Waals surface area contributed by atoms with Gasteiger partial charge in [-0.3, -0.25) is 9.67 Å². The lowest BCUT2D eigenvalue weighted by Crippen LogP contribution is -2.43. The predicted molar refractivity (Wildman–Crippen MR) is 126 cm³/mol. The fourth-order valence-corrected chi connectivity index (χ4v) is 3.88. The van der Waals surface area contributed by atoms with Crippen molar-refractivity contribution in [3.63, 3.8) is 0 Å². The molecule has 0 aliphatic heterocycles. The molecule has 152 valence electrons. The van der Waals surface area contributed by atoms with Crippen LogP contribution in [0.15, 0.2) is 29.5 Å². The molecule has 0 amide bonds. The second-order valence-corrected chi connectivity index (χ2v) is 8.28. The van der Waals surface area contributed by atoms with Crippen molar-refractivity contribution in [2.75, 3.05) is 27.2 Å². The Morgan fingerprint density at radius 2 is 2.11 bits per heavy atom. The predicted octanol–water partition coefficient (Wildman–Crippen LogP) is 3.20. The molecule has 0 spiro atoms. The van der Waals surface area contributed by atoms with Crippen molar-refractivity contribution in [3.8, 4) is 0 Å². The van der Waals surface area contributed by atoms with Crippen LogP contribution >= 0.6 is 35.3 Å². The minimum Gasteiger partial charge on any atom is -0.357 e. The topological polar surface area (TPSA) is 57.5 Å². The average molecular weight is 504 g/mol. The standard InChI is InChI=1S/C19H32N6S.HI/c1-7-20-19(23-14(2)10-17-9-8-15(3)26-17)21-12-18(24(4)5)16-11-22-25(6)13-16;/h8-9,11,13-14,18H,7,10,12H2,1-6H3,(H2,20,21,23);1H. The summed E-state index contributed by atoms with van der Waals surface area (Å²) in [5, 5.41) is 11.2. The molecule has 2 aromatic rings. The second-order valence-electron chi connectivity index (χ2n) is 6.91. The summed E-state index contributed by atoms with van der Waals surface area (Å²) in [5.41, 5.74) is 1.18. The van der Waals surface area contributed by atoms with Crippen molar-refractivity contribution in [2.45, 2.75) is 39.3 Å². The SMILES string of the molecule is CCNC(=NCC(c1cnn(C)c1)N(C)C)NC(C)Cc1ccc(C)s1.I. The van der Waals surface area contributed by atoms with E-state index in [1.165, 1.54) is 15.3 Å². The van der Waals surface area contributed by atoms with E-state index in [2.05, 4.69) is 73.8 Å². The highest BCUT2D eigenvalue weighted by Crippen LogP contribution is 2.18. The van der Waals surface area contributed by atoms with E-state index in [1.54, 1.807) is 0 Å². The summed E-state index contributed by atoms with van der Waals surface area (Å²) in [6.45, 7) is 7.97. The van der Waals surface area contributed by atoms with E-state index in [4.69, 9.17) is 4.99 Å². The molecule has 2 N–H and O–H groups in total. The number of nitrogens with one attached hydrogen (secondary N) is 2. The fourth-order valence-electron chi connectivity index (χ4n) is 2.86. The van der Waals surface area contributed by atoms with E-state index in [9.17, 15) is 0 Å². The van der Waals surface area contributed by atoms with Crippen LogP contribution in [-0.4, -0.2) is 53.9 Å². The highest BCUT2D eigenvalue weighted by Gasteiger charge is 2.16. The molecule has 0 aliphatic carbocycles. The van der Waals surface area contributed by atoms with Crippen LogP contribution in [0, 0.1) is 6.92 Å². The number of aromatic nitrogens is 2. The van der Waals surface area contributed by atoms with E-state index in [-0.39, 0.29) is 30.0 Å². The fraction of sp³-hybridized carbons (Fsp3) is 0.579. The minimum absolute atomic E-state index is 0. The number of hydrogen-bond acceptors (Lipinski definition) is 4. The molecule has 2 aromatic heterocycles. The zero-order chi connectivity index (χ0) is 19.1. The van der Waals surface area contributed by atoms with Crippen LogP contribution < -0.4 is 10.6 Å². The van der Waals surface area contributed by atoms with Gasteiger partial charge in [0.15, 0.2) is 5.96 Å². The summed E-state index contributed by atoms with van der Waals surface area (Å²) < 4.78 is 1.84. The molecule has 0 bridgehead atoms. The largest absolute Gasteiger partial charge is 0.357 e. The van der Waals surface area contributed by atoms with Gasteiger partial charge in [0, 0.05) is 47.6 Å². The third-order valence-corrected chi connectivity index (χ3v) is 5.21. The van der Waals surface area contributed by atoms with Gasteiger partial charge in [-0.25, -0.2) is 0 Å². The second kappa shape index (κ2) is 11.7. The smallest absolute Gasteiger partial charge is 0.191 e. The van der Waals surface area contributed by atoms with Gasteiger partial charge in [0.1, 0.15) is 0 Å². The maximum atomic E-state index is 4.83. The molecule has 2 rings (SSSR count). The van der Waals surface area contributed by atoms with Crippen LogP contribution in [0.4, 0.5) is 0 Å². The van der Waals surface area contributed by atoms with Crippen molar-refractivity contribution >= 4 is 41.3 Å². The van der Waals surface area contributed by atoms with Crippen LogP contribution in [0.2, 0.25) is 0 Å². The molecule has 0 saturated carbocycles. The van der Waals surface area contributed by atoms with Crippen molar-refractivity contribution in [3.05, 3.63) is 39.8 Å². The summed E-state index contributed by atoms with van der Waals surface area (Å²) >= 11 is 1.86. The van der Waals surface area contributed by atoms with Gasteiger partial charge in [-0.15, -0.1) is 35.3 Å².